The summed E-state index contributed by atoms with van der Waals surface area (Å²) in [4.78, 5) is 30.6. The lowest BCUT2D eigenvalue weighted by Crippen LogP contribution is -2.33. The zero-order chi connectivity index (χ0) is 20.2. The molecule has 2 aliphatic rings. The smallest absolute Gasteiger partial charge is 0.434 e. The zero-order valence-corrected chi connectivity index (χ0v) is 17.2. The number of nitrogens with one attached hydrogen (secondary N) is 1. The summed E-state index contributed by atoms with van der Waals surface area (Å²) in [7, 11) is 0. The molecule has 1 N–H and O–H groups in total. The molecule has 150 valence electrons. The summed E-state index contributed by atoms with van der Waals surface area (Å²) in [5, 5.41) is 18.1. The van der Waals surface area contributed by atoms with Crippen molar-refractivity contribution in [1.29, 1.82) is 5.26 Å². The highest BCUT2D eigenvalue weighted by Crippen LogP contribution is 2.38. The van der Waals surface area contributed by atoms with Crippen LogP contribution in [-0.2, 0) is 27.2 Å². The van der Waals surface area contributed by atoms with Gasteiger partial charge < -0.3 is 10.1 Å². The number of nitriles is 1. The predicted octanol–water partition coefficient (Wildman–Crippen LogP) is 3.96. The second kappa shape index (κ2) is 8.78. The van der Waals surface area contributed by atoms with Crippen molar-refractivity contribution in [1.82, 2.24) is 5.06 Å². The van der Waals surface area contributed by atoms with Gasteiger partial charge in [0.1, 0.15) is 17.2 Å². The van der Waals surface area contributed by atoms with Gasteiger partial charge in [0.15, 0.2) is 0 Å². The SMILES string of the molecule is N#Cc1c(NC(=O)C=Cc2ccsc2)sc2c1CCC(OC(=O)N1CCCO1)C2. The number of thiophene rings is 2. The van der Waals surface area contributed by atoms with E-state index < -0.39 is 6.09 Å². The van der Waals surface area contributed by atoms with Crippen LogP contribution in [0.1, 0.15) is 34.4 Å². The molecule has 29 heavy (non-hydrogen) atoms. The third-order valence-electron chi connectivity index (χ3n) is 4.76. The third-order valence-corrected chi connectivity index (χ3v) is 6.63. The van der Waals surface area contributed by atoms with Gasteiger partial charge in [-0.05, 0) is 53.3 Å². The Morgan fingerprint density at radius 1 is 1.45 bits per heavy atom. The van der Waals surface area contributed by atoms with E-state index in [4.69, 9.17) is 9.57 Å². The number of carbonyl (C=O) groups is 2. The fourth-order valence-corrected chi connectivity index (χ4v) is 5.24. The normalized spacial score (nSPS) is 18.4. The Kier molecular flexibility index (Phi) is 5.94. The summed E-state index contributed by atoms with van der Waals surface area (Å²) in [6.45, 7) is 1.08. The van der Waals surface area contributed by atoms with Crippen LogP contribution >= 0.6 is 22.7 Å². The molecule has 1 aliphatic heterocycles. The van der Waals surface area contributed by atoms with Crippen molar-refractivity contribution in [3.63, 3.8) is 0 Å². The summed E-state index contributed by atoms with van der Waals surface area (Å²) in [6, 6.07) is 4.14. The highest BCUT2D eigenvalue weighted by molar-refractivity contribution is 7.16. The number of nitrogens with zero attached hydrogens (tertiary/aromatic N) is 2. The van der Waals surface area contributed by atoms with E-state index in [0.29, 0.717) is 43.0 Å². The van der Waals surface area contributed by atoms with Crippen molar-refractivity contribution >= 4 is 45.8 Å². The van der Waals surface area contributed by atoms with Crippen molar-refractivity contribution < 1.29 is 19.2 Å². The molecule has 1 saturated heterocycles. The van der Waals surface area contributed by atoms with Crippen LogP contribution in [0.4, 0.5) is 9.80 Å². The molecular formula is C20H19N3O4S2. The molecule has 2 aromatic rings. The number of ether oxygens (including phenoxy) is 1. The highest BCUT2D eigenvalue weighted by Gasteiger charge is 2.30. The fraction of sp³-hybridized carbons (Fsp3) is 0.350. The molecule has 7 nitrogen and oxygen atoms in total. The number of amides is 2. The molecule has 0 radical (unpaired) electrons. The van der Waals surface area contributed by atoms with Gasteiger partial charge in [-0.1, -0.05) is 0 Å². The zero-order valence-electron chi connectivity index (χ0n) is 15.6. The summed E-state index contributed by atoms with van der Waals surface area (Å²) in [5.74, 6) is -0.277. The molecule has 0 bridgehead atoms. The topological polar surface area (TPSA) is 91.7 Å². The molecule has 1 atom stereocenters. The van der Waals surface area contributed by atoms with Crippen LogP contribution in [0.25, 0.3) is 6.08 Å². The van der Waals surface area contributed by atoms with E-state index in [1.54, 1.807) is 17.4 Å². The number of hydrogen-bond acceptors (Lipinski definition) is 7. The van der Waals surface area contributed by atoms with Gasteiger partial charge in [0, 0.05) is 17.4 Å². The van der Waals surface area contributed by atoms with E-state index in [1.165, 1.54) is 22.5 Å². The number of rotatable bonds is 4. The molecule has 1 fully saturated rings. The molecule has 0 aromatic carbocycles. The number of fused-ring (bicyclic) bond motifs is 1. The maximum absolute atomic E-state index is 12.3. The average molecular weight is 430 g/mol. The first kappa shape index (κ1) is 19.6. The van der Waals surface area contributed by atoms with Gasteiger partial charge in [0.25, 0.3) is 0 Å². The number of anilines is 1. The molecule has 2 aromatic heterocycles. The lowest BCUT2D eigenvalue weighted by Gasteiger charge is -2.24. The van der Waals surface area contributed by atoms with E-state index in [1.807, 2.05) is 16.8 Å². The molecule has 4 rings (SSSR count). The Hall–Kier alpha value is -2.67. The van der Waals surface area contributed by atoms with E-state index in [9.17, 15) is 14.9 Å². The van der Waals surface area contributed by atoms with Crippen LogP contribution in [0.5, 0.6) is 0 Å². The van der Waals surface area contributed by atoms with Crippen LogP contribution in [0.15, 0.2) is 22.9 Å². The summed E-state index contributed by atoms with van der Waals surface area (Å²) < 4.78 is 5.56. The van der Waals surface area contributed by atoms with E-state index in [2.05, 4.69) is 11.4 Å². The number of hydrogen-bond donors (Lipinski definition) is 1. The first-order chi connectivity index (χ1) is 14.1. The Balaban J connectivity index is 1.42. The Morgan fingerprint density at radius 3 is 3.07 bits per heavy atom. The van der Waals surface area contributed by atoms with Crippen molar-refractivity contribution in [2.24, 2.45) is 0 Å². The molecule has 2 amide bonds. The third kappa shape index (κ3) is 4.50. The van der Waals surface area contributed by atoms with Gasteiger partial charge in [-0.25, -0.2) is 4.79 Å². The van der Waals surface area contributed by atoms with Crippen LogP contribution in [-0.4, -0.2) is 36.3 Å². The molecular weight excluding hydrogens is 410 g/mol. The lowest BCUT2D eigenvalue weighted by atomic mass is 9.94. The van der Waals surface area contributed by atoms with Crippen molar-refractivity contribution in [2.45, 2.75) is 31.8 Å². The molecule has 3 heterocycles. The maximum atomic E-state index is 12.3. The largest absolute Gasteiger partial charge is 0.444 e. The summed E-state index contributed by atoms with van der Waals surface area (Å²) in [6.07, 6.45) is 5.10. The molecule has 0 spiro atoms. The number of hydroxylamine groups is 2. The van der Waals surface area contributed by atoms with Crippen LogP contribution in [0.2, 0.25) is 0 Å². The molecule has 0 saturated carbocycles. The Labute approximate surface area is 176 Å². The monoisotopic (exact) mass is 429 g/mol. The molecule has 1 aliphatic carbocycles. The maximum Gasteiger partial charge on any atom is 0.434 e. The van der Waals surface area contributed by atoms with Crippen molar-refractivity contribution in [2.75, 3.05) is 18.5 Å². The van der Waals surface area contributed by atoms with E-state index in [0.717, 1.165) is 22.4 Å². The second-order valence-electron chi connectivity index (χ2n) is 6.74. The van der Waals surface area contributed by atoms with Crippen molar-refractivity contribution in [3.05, 3.63) is 44.5 Å². The minimum atomic E-state index is -0.458. The van der Waals surface area contributed by atoms with Gasteiger partial charge in [-0.3, -0.25) is 9.63 Å². The predicted molar refractivity (Wildman–Crippen MR) is 111 cm³/mol. The number of carbonyl (C=O) groups excluding carboxylic acids is 2. The average Bonchev–Trinajstić information content (AvgIpc) is 3.46. The Bertz CT molecular complexity index is 969. The second-order valence-corrected chi connectivity index (χ2v) is 8.62. The lowest BCUT2D eigenvalue weighted by molar-refractivity contribution is -0.111. The standard InChI is InChI=1S/C20H19N3O4S2/c21-11-16-15-4-3-14(27-20(25)23-7-1-8-26-23)10-17(15)29-19(16)22-18(24)5-2-13-6-9-28-12-13/h2,5-6,9,12,14H,1,3-4,7-8,10H2,(H,22,24). The van der Waals surface area contributed by atoms with Crippen LogP contribution in [0.3, 0.4) is 0 Å². The minimum absolute atomic E-state index is 0.258. The van der Waals surface area contributed by atoms with Crippen LogP contribution in [0, 0.1) is 11.3 Å². The fourth-order valence-electron chi connectivity index (χ4n) is 3.35. The van der Waals surface area contributed by atoms with Gasteiger partial charge in [0.05, 0.1) is 18.7 Å². The highest BCUT2D eigenvalue weighted by atomic mass is 32.1. The van der Waals surface area contributed by atoms with Gasteiger partial charge in [-0.15, -0.1) is 11.3 Å². The van der Waals surface area contributed by atoms with E-state index >= 15 is 0 Å². The quantitative estimate of drug-likeness (QED) is 0.743. The van der Waals surface area contributed by atoms with E-state index in [-0.39, 0.29) is 12.0 Å². The van der Waals surface area contributed by atoms with Crippen LogP contribution < -0.4 is 5.32 Å². The van der Waals surface area contributed by atoms with Crippen molar-refractivity contribution in [3.8, 4) is 6.07 Å². The van der Waals surface area contributed by atoms with Gasteiger partial charge in [0.2, 0.25) is 5.91 Å². The summed E-state index contributed by atoms with van der Waals surface area (Å²) in [5.41, 5.74) is 2.41. The van der Waals surface area contributed by atoms with Gasteiger partial charge >= 0.3 is 6.09 Å². The molecule has 1 unspecified atom stereocenters. The van der Waals surface area contributed by atoms with Gasteiger partial charge in [-0.2, -0.15) is 21.7 Å². The summed E-state index contributed by atoms with van der Waals surface area (Å²) >= 11 is 2.94. The Morgan fingerprint density at radius 2 is 2.34 bits per heavy atom. The molecule has 9 heteroatoms. The first-order valence-corrected chi connectivity index (χ1v) is 11.1. The minimum Gasteiger partial charge on any atom is -0.444 e. The first-order valence-electron chi connectivity index (χ1n) is 9.31.